The van der Waals surface area contributed by atoms with Gasteiger partial charge in [0.15, 0.2) is 0 Å². The Labute approximate surface area is 195 Å². The molecule has 2 atom stereocenters. The third-order valence-electron chi connectivity index (χ3n) is 6.36. The quantitative estimate of drug-likeness (QED) is 0.449. The normalized spacial score (nSPS) is 16.6. The molecule has 0 saturated heterocycles. The molecule has 0 spiro atoms. The van der Waals surface area contributed by atoms with Crippen LogP contribution in [0.15, 0.2) is 42.9 Å². The summed E-state index contributed by atoms with van der Waals surface area (Å²) in [5, 5.41) is 10.7. The Hall–Kier alpha value is -2.65. The Morgan fingerprint density at radius 2 is 2.06 bits per heavy atom. The fraction of sp³-hybridized carbons (Fsp3) is 0.435. The van der Waals surface area contributed by atoms with Gasteiger partial charge in [0.1, 0.15) is 0 Å². The number of rotatable bonds is 8. The first-order valence-electron chi connectivity index (χ1n) is 10.6. The second-order valence-electron chi connectivity index (χ2n) is 8.71. The van der Waals surface area contributed by atoms with Gasteiger partial charge < -0.3 is 11.1 Å². The lowest BCUT2D eigenvalue weighted by atomic mass is 9.80. The van der Waals surface area contributed by atoms with Gasteiger partial charge in [-0.05, 0) is 55.0 Å². The Balaban J connectivity index is 0.00000306. The van der Waals surface area contributed by atoms with Crippen LogP contribution in [0.3, 0.4) is 0 Å². The Morgan fingerprint density at radius 3 is 2.70 bits per heavy atom. The number of aromatic amines is 1. The van der Waals surface area contributed by atoms with Crippen molar-refractivity contribution in [2.45, 2.75) is 50.7 Å². The summed E-state index contributed by atoms with van der Waals surface area (Å²) < 4.78 is 41.3. The minimum absolute atomic E-state index is 0. The van der Waals surface area contributed by atoms with Crippen LogP contribution in [-0.2, 0) is 11.2 Å². The lowest BCUT2D eigenvalue weighted by Crippen LogP contribution is -2.40. The molecule has 0 aliphatic heterocycles. The van der Waals surface area contributed by atoms with E-state index in [1.54, 1.807) is 18.3 Å². The molecule has 0 radical (unpaired) electrons. The summed E-state index contributed by atoms with van der Waals surface area (Å²) in [5.41, 5.74) is 7.82. The van der Waals surface area contributed by atoms with Crippen molar-refractivity contribution in [2.75, 3.05) is 6.54 Å². The van der Waals surface area contributed by atoms with Gasteiger partial charge in [0.2, 0.25) is 5.91 Å². The predicted molar refractivity (Wildman–Crippen MR) is 122 cm³/mol. The van der Waals surface area contributed by atoms with Gasteiger partial charge >= 0.3 is 6.18 Å². The Morgan fingerprint density at radius 1 is 1.30 bits per heavy atom. The molecular formula is C23H27ClF3N5O. The van der Waals surface area contributed by atoms with Crippen molar-refractivity contribution in [3.8, 4) is 0 Å². The number of hydrogen-bond acceptors (Lipinski definition) is 4. The summed E-state index contributed by atoms with van der Waals surface area (Å²) in [7, 11) is 0. The third-order valence-corrected chi connectivity index (χ3v) is 6.36. The van der Waals surface area contributed by atoms with Crippen LogP contribution in [-0.4, -0.2) is 39.9 Å². The monoisotopic (exact) mass is 481 g/mol. The van der Waals surface area contributed by atoms with E-state index >= 15 is 0 Å². The highest BCUT2D eigenvalue weighted by Crippen LogP contribution is 2.66. The number of alkyl halides is 3. The molecule has 1 fully saturated rings. The van der Waals surface area contributed by atoms with Crippen molar-refractivity contribution >= 4 is 29.2 Å². The number of benzene rings is 1. The number of nitrogens with zero attached hydrogens (tertiary/aromatic N) is 2. The molecule has 6 nitrogen and oxygen atoms in total. The predicted octanol–water partition coefficient (Wildman–Crippen LogP) is 4.19. The highest BCUT2D eigenvalue weighted by Gasteiger charge is 2.67. The lowest BCUT2D eigenvalue weighted by molar-refractivity contribution is -0.194. The van der Waals surface area contributed by atoms with Crippen LogP contribution in [0.25, 0.3) is 10.9 Å². The van der Waals surface area contributed by atoms with Crippen molar-refractivity contribution in [1.29, 1.82) is 0 Å². The van der Waals surface area contributed by atoms with Crippen molar-refractivity contribution in [2.24, 2.45) is 11.1 Å². The first-order chi connectivity index (χ1) is 15.2. The molecule has 1 aliphatic carbocycles. The lowest BCUT2D eigenvalue weighted by Gasteiger charge is -2.29. The number of H-pyrrole nitrogens is 1. The number of nitrogens with one attached hydrogen (secondary N) is 2. The molecule has 2 aromatic heterocycles. The molecule has 1 aliphatic rings. The molecule has 33 heavy (non-hydrogen) atoms. The molecule has 3 aromatic rings. The molecule has 0 bridgehead atoms. The number of fused-ring (bicyclic) bond motifs is 1. The number of halogens is 4. The molecule has 178 valence electrons. The van der Waals surface area contributed by atoms with E-state index in [0.29, 0.717) is 12.0 Å². The maximum absolute atomic E-state index is 13.8. The van der Waals surface area contributed by atoms with Crippen LogP contribution in [0.4, 0.5) is 13.2 Å². The summed E-state index contributed by atoms with van der Waals surface area (Å²) >= 11 is 0. The molecule has 2 heterocycles. The number of pyridine rings is 1. The minimum Gasteiger partial charge on any atom is -0.355 e. The second kappa shape index (κ2) is 9.69. The van der Waals surface area contributed by atoms with E-state index in [0.717, 1.165) is 22.0 Å². The summed E-state index contributed by atoms with van der Waals surface area (Å²) in [6.07, 6.45) is 0.634. The van der Waals surface area contributed by atoms with Crippen LogP contribution in [0.2, 0.25) is 0 Å². The topological polar surface area (TPSA) is 96.7 Å². The average Bonchev–Trinajstić information content (AvgIpc) is 3.43. The molecule has 1 saturated carbocycles. The number of nitrogens with two attached hydrogens (primary N) is 1. The van der Waals surface area contributed by atoms with E-state index < -0.39 is 23.4 Å². The summed E-state index contributed by atoms with van der Waals surface area (Å²) in [4.78, 5) is 16.6. The molecular weight excluding hydrogens is 455 g/mol. The number of carbonyl (C=O) groups is 1. The van der Waals surface area contributed by atoms with E-state index in [-0.39, 0.29) is 44.3 Å². The van der Waals surface area contributed by atoms with Gasteiger partial charge in [0.05, 0.1) is 17.1 Å². The maximum Gasteiger partial charge on any atom is 0.395 e. The zero-order chi connectivity index (χ0) is 22.9. The first kappa shape index (κ1) is 25.0. The van der Waals surface area contributed by atoms with Crippen molar-refractivity contribution in [3.05, 3.63) is 59.5 Å². The number of aryl methyl sites for hydroxylation is 1. The standard InChI is InChI=1S/C23H26F3N5O.ClH/c1-14-7-15(8-17-12-30-31-21(14)17)9-18(27)13-29-20(32)10-19(16-3-2-6-28-11-16)22(4-5-22)23(24,25)26;/h2-3,6-8,11-12,18-19H,4-5,9-10,13,27H2,1H3,(H,29,32)(H,30,31);1H. The zero-order valence-corrected chi connectivity index (χ0v) is 19.0. The number of aromatic nitrogens is 3. The van der Waals surface area contributed by atoms with Crippen LogP contribution in [0.1, 0.15) is 41.9 Å². The highest BCUT2D eigenvalue weighted by molar-refractivity contribution is 5.85. The fourth-order valence-corrected chi connectivity index (χ4v) is 4.49. The van der Waals surface area contributed by atoms with Crippen molar-refractivity contribution in [1.82, 2.24) is 20.5 Å². The second-order valence-corrected chi connectivity index (χ2v) is 8.71. The van der Waals surface area contributed by atoms with Gasteiger partial charge in [-0.3, -0.25) is 14.9 Å². The first-order valence-corrected chi connectivity index (χ1v) is 10.6. The average molecular weight is 482 g/mol. The van der Waals surface area contributed by atoms with E-state index in [4.69, 9.17) is 5.73 Å². The van der Waals surface area contributed by atoms with Gasteiger partial charge in [0.25, 0.3) is 0 Å². The number of amides is 1. The van der Waals surface area contributed by atoms with E-state index in [2.05, 4.69) is 20.5 Å². The van der Waals surface area contributed by atoms with Gasteiger partial charge in [-0.15, -0.1) is 12.4 Å². The molecule has 1 aromatic carbocycles. The van der Waals surface area contributed by atoms with Crippen LogP contribution in [0, 0.1) is 12.3 Å². The largest absolute Gasteiger partial charge is 0.395 e. The minimum atomic E-state index is -4.37. The summed E-state index contributed by atoms with van der Waals surface area (Å²) in [6, 6.07) is 6.85. The third kappa shape index (κ3) is 5.30. The van der Waals surface area contributed by atoms with Crippen molar-refractivity contribution in [3.63, 3.8) is 0 Å². The molecule has 4 N–H and O–H groups in total. The van der Waals surface area contributed by atoms with Gasteiger partial charge in [-0.1, -0.05) is 12.1 Å². The highest BCUT2D eigenvalue weighted by atomic mass is 35.5. The SMILES string of the molecule is Cc1cc(CC(N)CNC(=O)CC(c2cccnc2)C2(C(F)(F)F)CC2)cc2cn[nH]c12.Cl. The van der Waals surface area contributed by atoms with E-state index in [1.165, 1.54) is 12.4 Å². The Kier molecular flexibility index (Phi) is 7.33. The smallest absolute Gasteiger partial charge is 0.355 e. The molecule has 1 amide bonds. The van der Waals surface area contributed by atoms with E-state index in [9.17, 15) is 18.0 Å². The molecule has 10 heteroatoms. The molecule has 2 unspecified atom stereocenters. The van der Waals surface area contributed by atoms with Crippen LogP contribution in [0.5, 0.6) is 0 Å². The van der Waals surface area contributed by atoms with Gasteiger partial charge in [0, 0.05) is 42.7 Å². The zero-order valence-electron chi connectivity index (χ0n) is 18.2. The van der Waals surface area contributed by atoms with E-state index in [1.807, 2.05) is 19.1 Å². The maximum atomic E-state index is 13.8. The van der Waals surface area contributed by atoms with Crippen LogP contribution >= 0.6 is 12.4 Å². The summed E-state index contributed by atoms with van der Waals surface area (Å²) in [6.45, 7) is 2.16. The summed E-state index contributed by atoms with van der Waals surface area (Å²) in [5.74, 6) is -1.40. The van der Waals surface area contributed by atoms with Crippen molar-refractivity contribution < 1.29 is 18.0 Å². The Bertz CT molecular complexity index is 1100. The molecule has 4 rings (SSSR count). The number of hydrogen-bond donors (Lipinski definition) is 3. The van der Waals surface area contributed by atoms with Gasteiger partial charge in [-0.2, -0.15) is 18.3 Å². The van der Waals surface area contributed by atoms with Crippen LogP contribution < -0.4 is 11.1 Å². The van der Waals surface area contributed by atoms with Gasteiger partial charge in [-0.25, -0.2) is 0 Å². The number of carbonyl (C=O) groups excluding carboxylic acids is 1. The fourth-order valence-electron chi connectivity index (χ4n) is 4.49.